The lowest BCUT2D eigenvalue weighted by molar-refractivity contribution is 0.0939. The summed E-state index contributed by atoms with van der Waals surface area (Å²) < 4.78 is 0.758. The summed E-state index contributed by atoms with van der Waals surface area (Å²) in [7, 11) is 3.99. The van der Waals surface area contributed by atoms with Crippen molar-refractivity contribution in [3.63, 3.8) is 0 Å². The van der Waals surface area contributed by atoms with Gasteiger partial charge in [-0.05, 0) is 44.3 Å². The molecule has 0 fully saturated rings. The third-order valence-corrected chi connectivity index (χ3v) is 4.24. The fourth-order valence-electron chi connectivity index (χ4n) is 2.32. The number of amides is 1. The maximum Gasteiger partial charge on any atom is 0.255 e. The van der Waals surface area contributed by atoms with Gasteiger partial charge in [-0.3, -0.25) is 4.79 Å². The van der Waals surface area contributed by atoms with E-state index in [0.29, 0.717) is 6.54 Å². The van der Waals surface area contributed by atoms with Crippen LogP contribution >= 0.6 is 15.9 Å². The molecule has 0 saturated heterocycles. The smallest absolute Gasteiger partial charge is 0.255 e. The Balaban J connectivity index is 2.01. The number of rotatable bonds is 6. The van der Waals surface area contributed by atoms with Gasteiger partial charge in [-0.25, -0.2) is 0 Å². The zero-order valence-corrected chi connectivity index (χ0v) is 14.9. The van der Waals surface area contributed by atoms with Gasteiger partial charge in [0.25, 0.3) is 5.91 Å². The monoisotopic (exact) mass is 376 g/mol. The van der Waals surface area contributed by atoms with Crippen LogP contribution in [-0.4, -0.2) is 42.6 Å². The number of phenolic OH excluding ortho intramolecular Hbond substituents is 1. The van der Waals surface area contributed by atoms with Crippen molar-refractivity contribution in [1.29, 1.82) is 0 Å². The third-order valence-electron chi connectivity index (χ3n) is 3.75. The van der Waals surface area contributed by atoms with Crippen molar-refractivity contribution in [2.24, 2.45) is 0 Å². The van der Waals surface area contributed by atoms with Crippen LogP contribution in [0.2, 0.25) is 0 Å². The molecule has 2 aromatic carbocycles. The molecule has 0 aliphatic heterocycles. The molecule has 4 nitrogen and oxygen atoms in total. The van der Waals surface area contributed by atoms with Crippen LogP contribution in [0.5, 0.6) is 5.75 Å². The molecule has 0 aliphatic rings. The van der Waals surface area contributed by atoms with Crippen LogP contribution in [-0.2, 0) is 6.42 Å². The Bertz CT molecular complexity index is 659. The molecule has 0 radical (unpaired) electrons. The van der Waals surface area contributed by atoms with Crippen molar-refractivity contribution in [3.05, 3.63) is 64.1 Å². The standard InChI is InChI=1S/C18H21BrN2O2/c1-21(2)15(10-13-6-4-3-5-7-13)12-20-18(23)16-11-14(19)8-9-17(16)22/h3-9,11,15,22H,10,12H2,1-2H3,(H,20,23). The topological polar surface area (TPSA) is 52.6 Å². The largest absolute Gasteiger partial charge is 0.507 e. The predicted molar refractivity (Wildman–Crippen MR) is 95.8 cm³/mol. The van der Waals surface area contributed by atoms with Crippen LogP contribution in [0.4, 0.5) is 0 Å². The molecule has 2 rings (SSSR count). The first-order valence-electron chi connectivity index (χ1n) is 7.44. The Morgan fingerprint density at radius 2 is 1.91 bits per heavy atom. The van der Waals surface area contributed by atoms with E-state index in [-0.39, 0.29) is 23.3 Å². The first-order valence-corrected chi connectivity index (χ1v) is 8.23. The fourth-order valence-corrected chi connectivity index (χ4v) is 2.68. The Kier molecular flexibility index (Phi) is 6.19. The van der Waals surface area contributed by atoms with E-state index in [2.05, 4.69) is 38.3 Å². The van der Waals surface area contributed by atoms with Crippen LogP contribution in [0.1, 0.15) is 15.9 Å². The van der Waals surface area contributed by atoms with E-state index in [9.17, 15) is 9.90 Å². The van der Waals surface area contributed by atoms with E-state index in [0.717, 1.165) is 10.9 Å². The number of carbonyl (C=O) groups excluding carboxylic acids is 1. The average Bonchev–Trinajstić information content (AvgIpc) is 2.54. The number of hydrogen-bond donors (Lipinski definition) is 2. The van der Waals surface area contributed by atoms with Crippen molar-refractivity contribution in [2.45, 2.75) is 12.5 Å². The van der Waals surface area contributed by atoms with E-state index in [4.69, 9.17) is 0 Å². The predicted octanol–water partition coefficient (Wildman–Crippen LogP) is 3.06. The first kappa shape index (κ1) is 17.5. The Morgan fingerprint density at radius 1 is 1.22 bits per heavy atom. The number of carbonyl (C=O) groups is 1. The van der Waals surface area contributed by atoms with Gasteiger partial charge in [-0.1, -0.05) is 46.3 Å². The average molecular weight is 377 g/mol. The molecule has 0 heterocycles. The summed E-state index contributed by atoms with van der Waals surface area (Å²) in [4.78, 5) is 14.4. The molecule has 1 amide bonds. The minimum absolute atomic E-state index is 0.0184. The molecular weight excluding hydrogens is 356 g/mol. The highest BCUT2D eigenvalue weighted by Gasteiger charge is 2.16. The molecule has 1 unspecified atom stereocenters. The quantitative estimate of drug-likeness (QED) is 0.814. The molecular formula is C18H21BrN2O2. The SMILES string of the molecule is CN(C)C(CNC(=O)c1cc(Br)ccc1O)Cc1ccccc1. The summed E-state index contributed by atoms with van der Waals surface area (Å²) in [5.41, 5.74) is 1.50. The molecule has 0 spiro atoms. The van der Waals surface area contributed by atoms with Gasteiger partial charge in [0.05, 0.1) is 5.56 Å². The lowest BCUT2D eigenvalue weighted by atomic mass is 10.0. The van der Waals surface area contributed by atoms with Gasteiger partial charge in [0.2, 0.25) is 0 Å². The van der Waals surface area contributed by atoms with Gasteiger partial charge in [0, 0.05) is 17.1 Å². The second-order valence-electron chi connectivity index (χ2n) is 5.68. The zero-order chi connectivity index (χ0) is 16.8. The first-order chi connectivity index (χ1) is 11.0. The van der Waals surface area contributed by atoms with E-state index in [1.54, 1.807) is 12.1 Å². The Morgan fingerprint density at radius 3 is 2.57 bits per heavy atom. The number of likely N-dealkylation sites (N-methyl/N-ethyl adjacent to an activating group) is 1. The highest BCUT2D eigenvalue weighted by Crippen LogP contribution is 2.21. The molecule has 0 bridgehead atoms. The van der Waals surface area contributed by atoms with Gasteiger partial charge in [-0.15, -0.1) is 0 Å². The van der Waals surface area contributed by atoms with Gasteiger partial charge in [-0.2, -0.15) is 0 Å². The van der Waals surface area contributed by atoms with E-state index < -0.39 is 0 Å². The van der Waals surface area contributed by atoms with Crippen molar-refractivity contribution in [3.8, 4) is 5.75 Å². The van der Waals surface area contributed by atoms with Gasteiger partial charge in [0.15, 0.2) is 0 Å². The molecule has 5 heteroatoms. The lowest BCUT2D eigenvalue weighted by Gasteiger charge is -2.25. The molecule has 0 saturated carbocycles. The maximum absolute atomic E-state index is 12.3. The molecule has 0 aliphatic carbocycles. The summed E-state index contributed by atoms with van der Waals surface area (Å²) in [5, 5.41) is 12.7. The summed E-state index contributed by atoms with van der Waals surface area (Å²) in [5.74, 6) is -0.293. The number of hydrogen-bond acceptors (Lipinski definition) is 3. The number of aromatic hydroxyl groups is 1. The zero-order valence-electron chi connectivity index (χ0n) is 13.3. The van der Waals surface area contributed by atoms with Crippen molar-refractivity contribution >= 4 is 21.8 Å². The molecule has 2 N–H and O–H groups in total. The number of benzene rings is 2. The van der Waals surface area contributed by atoms with Crippen LogP contribution in [0.3, 0.4) is 0 Å². The Hall–Kier alpha value is -1.85. The van der Waals surface area contributed by atoms with Crippen LogP contribution in [0, 0.1) is 0 Å². The molecule has 122 valence electrons. The van der Waals surface area contributed by atoms with Crippen molar-refractivity contribution in [2.75, 3.05) is 20.6 Å². The Labute approximate surface area is 145 Å². The molecule has 0 aromatic heterocycles. The van der Waals surface area contributed by atoms with Crippen LogP contribution in [0.25, 0.3) is 0 Å². The number of halogens is 1. The van der Waals surface area contributed by atoms with E-state index in [1.165, 1.54) is 11.6 Å². The minimum atomic E-state index is -0.274. The van der Waals surface area contributed by atoms with Crippen molar-refractivity contribution in [1.82, 2.24) is 10.2 Å². The molecule has 23 heavy (non-hydrogen) atoms. The normalized spacial score (nSPS) is 12.2. The van der Waals surface area contributed by atoms with E-state index in [1.807, 2.05) is 32.3 Å². The van der Waals surface area contributed by atoms with Gasteiger partial charge >= 0.3 is 0 Å². The highest BCUT2D eigenvalue weighted by atomic mass is 79.9. The summed E-state index contributed by atoms with van der Waals surface area (Å²) in [6.45, 7) is 0.507. The van der Waals surface area contributed by atoms with E-state index >= 15 is 0 Å². The lowest BCUT2D eigenvalue weighted by Crippen LogP contribution is -2.41. The van der Waals surface area contributed by atoms with Crippen molar-refractivity contribution < 1.29 is 9.90 Å². The highest BCUT2D eigenvalue weighted by molar-refractivity contribution is 9.10. The minimum Gasteiger partial charge on any atom is -0.507 e. The summed E-state index contributed by atoms with van der Waals surface area (Å²) in [6, 6.07) is 15.2. The maximum atomic E-state index is 12.3. The number of phenols is 1. The third kappa shape index (κ3) is 5.08. The molecule has 1 atom stereocenters. The fraction of sp³-hybridized carbons (Fsp3) is 0.278. The second-order valence-corrected chi connectivity index (χ2v) is 6.59. The summed E-state index contributed by atoms with van der Waals surface area (Å²) in [6.07, 6.45) is 0.846. The van der Waals surface area contributed by atoms with Gasteiger partial charge < -0.3 is 15.3 Å². The number of nitrogens with zero attached hydrogens (tertiary/aromatic N) is 1. The van der Waals surface area contributed by atoms with Gasteiger partial charge in [0.1, 0.15) is 5.75 Å². The molecule has 2 aromatic rings. The summed E-state index contributed by atoms with van der Waals surface area (Å²) >= 11 is 3.31. The van der Waals surface area contributed by atoms with Crippen LogP contribution in [0.15, 0.2) is 53.0 Å². The number of nitrogens with one attached hydrogen (secondary N) is 1. The second kappa shape index (κ2) is 8.13. The van der Waals surface area contributed by atoms with Crippen LogP contribution < -0.4 is 5.32 Å².